The molecule has 2 heterocycles. The van der Waals surface area contributed by atoms with Gasteiger partial charge in [0.15, 0.2) is 21.8 Å². The first-order valence-corrected chi connectivity index (χ1v) is 23.9. The van der Waals surface area contributed by atoms with Crippen LogP contribution in [0.1, 0.15) is 127 Å². The van der Waals surface area contributed by atoms with Crippen molar-refractivity contribution in [1.29, 1.82) is 5.26 Å². The van der Waals surface area contributed by atoms with Crippen LogP contribution in [0.15, 0.2) is 41.6 Å². The number of nitrogen functional groups attached to an aromatic ring is 1. The van der Waals surface area contributed by atoms with Crippen LogP contribution in [0.3, 0.4) is 0 Å². The molecule has 59 heavy (non-hydrogen) atoms. The summed E-state index contributed by atoms with van der Waals surface area (Å²) in [5.41, 5.74) is 6.44. The molecule has 2 aromatic heterocycles. The third-order valence-corrected chi connectivity index (χ3v) is 11.9. The van der Waals surface area contributed by atoms with Crippen molar-refractivity contribution >= 4 is 29.0 Å². The van der Waals surface area contributed by atoms with Crippen molar-refractivity contribution in [2.75, 3.05) is 38.4 Å². The molecule has 0 bridgehead atoms. The second-order valence-corrected chi connectivity index (χ2v) is 18.3. The fourth-order valence-electron chi connectivity index (χ4n) is 6.47. The van der Waals surface area contributed by atoms with Gasteiger partial charge < -0.3 is 35.1 Å². The van der Waals surface area contributed by atoms with Crippen LogP contribution >= 0.6 is 7.82 Å². The number of nitrogens with zero attached hydrogens (tertiary/aromatic N) is 4. The van der Waals surface area contributed by atoms with E-state index in [1.54, 1.807) is 0 Å². The molecule has 19 heteroatoms. The first-order valence-electron chi connectivity index (χ1n) is 20.6. The maximum atomic E-state index is 14.3. The van der Waals surface area contributed by atoms with Gasteiger partial charge >= 0.3 is 7.82 Å². The average molecular weight is 872 g/mol. The van der Waals surface area contributed by atoms with Crippen LogP contribution in [0.5, 0.6) is 0 Å². The van der Waals surface area contributed by atoms with Gasteiger partial charge in [0.05, 0.1) is 37.0 Å². The minimum atomic E-state index is -4.91. The topological polar surface area (TPSA) is 238 Å². The van der Waals surface area contributed by atoms with Gasteiger partial charge in [0.2, 0.25) is 0 Å². The van der Waals surface area contributed by atoms with Gasteiger partial charge in [0.1, 0.15) is 36.0 Å². The first kappa shape index (κ1) is 50.1. The highest BCUT2D eigenvalue weighted by molar-refractivity contribution is 7.90. The van der Waals surface area contributed by atoms with Gasteiger partial charge in [-0.05, 0) is 42.3 Å². The molecule has 0 aliphatic heterocycles. The van der Waals surface area contributed by atoms with Gasteiger partial charge in [0.25, 0.3) is 6.26 Å². The highest BCUT2D eigenvalue weighted by Gasteiger charge is 2.35. The van der Waals surface area contributed by atoms with Crippen LogP contribution in [0, 0.1) is 17.3 Å². The molecule has 0 saturated heterocycles. The first-order chi connectivity index (χ1) is 28.3. The number of unbranched alkanes of at least 4 members (excludes halogenated alkanes) is 15. The Bertz CT molecular complexity index is 1870. The molecular weight excluding hydrogens is 809 g/mol. The summed E-state index contributed by atoms with van der Waals surface area (Å²) >= 11 is 0. The number of nitriles is 1. The highest BCUT2D eigenvalue weighted by Crippen LogP contribution is 2.44. The van der Waals surface area contributed by atoms with Crippen molar-refractivity contribution in [3.63, 3.8) is 0 Å². The number of aliphatic hydroxyl groups excluding tert-OH is 2. The Morgan fingerprint density at radius 2 is 1.49 bits per heavy atom. The number of aromatic nitrogens is 3. The Hall–Kier alpha value is -3.24. The second kappa shape index (κ2) is 26.9. The zero-order chi connectivity index (χ0) is 43.1. The summed E-state index contributed by atoms with van der Waals surface area (Å²) in [6.45, 7) is 0.850. The van der Waals surface area contributed by atoms with Gasteiger partial charge in [-0.1, -0.05) is 103 Å². The van der Waals surface area contributed by atoms with E-state index in [2.05, 4.69) is 17.0 Å². The minimum Gasteiger partial charge on any atom is -0.419 e. The predicted octanol–water partition coefficient (Wildman–Crippen LogP) is 7.11. The normalized spacial score (nSPS) is 15.1. The summed E-state index contributed by atoms with van der Waals surface area (Å²) < 4.78 is 79.3. The number of hydrogen-bond donors (Lipinski definition) is 4. The molecule has 0 saturated carbocycles. The Kier molecular flexibility index (Phi) is 22.8. The number of benzene rings is 1. The average Bonchev–Trinajstić information content (AvgIpc) is 3.64. The monoisotopic (exact) mass is 871 g/mol. The van der Waals surface area contributed by atoms with E-state index in [4.69, 9.17) is 29.0 Å². The Balaban J connectivity index is 1.46. The van der Waals surface area contributed by atoms with E-state index in [0.29, 0.717) is 12.1 Å². The summed E-state index contributed by atoms with van der Waals surface area (Å²) in [4.78, 5) is 14.1. The number of rotatable bonds is 33. The number of halogens is 1. The number of fused-ring (bicyclic) bond motifs is 1. The predicted molar refractivity (Wildman–Crippen MR) is 219 cm³/mol. The number of phosphoric ester groups is 1. The maximum Gasteiger partial charge on any atom is 0.472 e. The van der Waals surface area contributed by atoms with Crippen LogP contribution in [0.2, 0.25) is 0 Å². The lowest BCUT2D eigenvalue weighted by atomic mass is 10.0. The summed E-state index contributed by atoms with van der Waals surface area (Å²) in [5.74, 6) is -0.668. The van der Waals surface area contributed by atoms with Crippen LogP contribution < -0.4 is 5.73 Å². The van der Waals surface area contributed by atoms with Crippen LogP contribution in [-0.4, -0.2) is 89.1 Å². The van der Waals surface area contributed by atoms with Crippen LogP contribution in [0.25, 0.3) is 5.52 Å². The Morgan fingerprint density at radius 3 is 2.08 bits per heavy atom. The van der Waals surface area contributed by atoms with Crippen LogP contribution in [-0.2, 0) is 44.3 Å². The third-order valence-electron chi connectivity index (χ3n) is 9.84. The molecule has 0 aliphatic carbocycles. The summed E-state index contributed by atoms with van der Waals surface area (Å²) in [6, 6.07) is 6.20. The molecule has 332 valence electrons. The minimum absolute atomic E-state index is 0.0677. The smallest absolute Gasteiger partial charge is 0.419 e. The van der Waals surface area contributed by atoms with E-state index in [0.717, 1.165) is 50.4 Å². The van der Waals surface area contributed by atoms with Crippen molar-refractivity contribution in [2.24, 2.45) is 0 Å². The molecule has 0 spiro atoms. The molecule has 1 unspecified atom stereocenters. The summed E-state index contributed by atoms with van der Waals surface area (Å²) in [7, 11) is -8.63. The van der Waals surface area contributed by atoms with Crippen molar-refractivity contribution in [1.82, 2.24) is 14.6 Å². The quantitative estimate of drug-likeness (QED) is 0.0271. The van der Waals surface area contributed by atoms with E-state index < -0.39 is 61.1 Å². The number of aliphatic hydroxyl groups is 2. The van der Waals surface area contributed by atoms with Gasteiger partial charge in [-0.3, -0.25) is 9.05 Å². The highest BCUT2D eigenvalue weighted by atomic mass is 32.2. The number of hydrogen-bond acceptors (Lipinski definition) is 14. The van der Waals surface area contributed by atoms with Crippen molar-refractivity contribution in [2.45, 2.75) is 146 Å². The number of phosphoric acid groups is 1. The molecule has 0 aliphatic rings. The largest absolute Gasteiger partial charge is 0.472 e. The molecular formula is C40H63FN5O11PS. The standard InChI is InChI=1S/C40H63FN5O11PS/c1-3-4-5-6-7-8-9-10-11-12-13-14-15-16-17-18-21-53-26-33(54-25-31-22-32(41)24-34(23-31)59(2,51)52)27-56-58(49,50)57-28-37(55-29-42)39(48)38(47)35-19-20-36-40(43)44-30-45-46(35)36/h19-20,22-24,30,33,37-39,47-48H,3-18,21,25-28H2,1-2H3,(H,49,50)(H2,43,44,45)/t33-,37-,38+,39-/m1/s1. The second-order valence-electron chi connectivity index (χ2n) is 14.8. The molecule has 0 fully saturated rings. The molecule has 1 aromatic carbocycles. The number of nitrogens with two attached hydrogens (primary N) is 1. The zero-order valence-corrected chi connectivity index (χ0v) is 36.0. The van der Waals surface area contributed by atoms with Gasteiger partial charge in [-0.2, -0.15) is 10.4 Å². The molecule has 5 N–H and O–H groups in total. The number of anilines is 1. The number of sulfone groups is 1. The summed E-state index contributed by atoms with van der Waals surface area (Å²) in [5, 5.41) is 34.9. The molecule has 0 amide bonds. The van der Waals surface area contributed by atoms with Gasteiger partial charge in [0, 0.05) is 12.9 Å². The van der Waals surface area contributed by atoms with E-state index in [9.17, 15) is 37.7 Å². The zero-order valence-electron chi connectivity index (χ0n) is 34.3. The Labute approximate surface area is 347 Å². The van der Waals surface area contributed by atoms with E-state index in [1.165, 1.54) is 106 Å². The number of ether oxygens (including phenoxy) is 3. The van der Waals surface area contributed by atoms with Gasteiger partial charge in [-0.15, -0.1) is 0 Å². The lowest BCUT2D eigenvalue weighted by Crippen LogP contribution is -2.37. The van der Waals surface area contributed by atoms with Crippen molar-refractivity contribution in [3.05, 3.63) is 53.7 Å². The van der Waals surface area contributed by atoms with Crippen molar-refractivity contribution in [3.8, 4) is 6.26 Å². The molecule has 5 atom stereocenters. The SMILES string of the molecule is CCCCCCCCCCCCCCCCCCOC[C@H](COP(=O)(O)OC[C@@H](OC#N)[C@@H](O)[C@@H](O)c1ccc2c(N)ncnn12)OCc1cc(F)cc(S(C)(=O)=O)c1. The molecule has 3 rings (SSSR count). The lowest BCUT2D eigenvalue weighted by molar-refractivity contribution is -0.0821. The molecule has 3 aromatic rings. The third kappa shape index (κ3) is 18.9. The van der Waals surface area contributed by atoms with E-state index in [1.807, 2.05) is 0 Å². The van der Waals surface area contributed by atoms with Crippen molar-refractivity contribution < 1.29 is 55.7 Å². The van der Waals surface area contributed by atoms with Gasteiger partial charge in [-0.25, -0.2) is 26.9 Å². The van der Waals surface area contributed by atoms with E-state index >= 15 is 0 Å². The molecule has 0 radical (unpaired) electrons. The van der Waals surface area contributed by atoms with Crippen LogP contribution in [0.4, 0.5) is 10.2 Å². The summed E-state index contributed by atoms with van der Waals surface area (Å²) in [6.07, 6.45) is 17.0. The maximum absolute atomic E-state index is 14.3. The fraction of sp³-hybridized carbons (Fsp3) is 0.675. The lowest BCUT2D eigenvalue weighted by Gasteiger charge is -2.25. The Morgan fingerprint density at radius 1 is 0.898 bits per heavy atom. The molecule has 16 nitrogen and oxygen atoms in total. The fourth-order valence-corrected chi connectivity index (χ4v) is 7.93. The van der Waals surface area contributed by atoms with E-state index in [-0.39, 0.29) is 35.2 Å².